The highest BCUT2D eigenvalue weighted by Crippen LogP contribution is 2.29. The number of aliphatic carboxylic acids is 1. The third-order valence-electron chi connectivity index (χ3n) is 5.34. The van der Waals surface area contributed by atoms with Crippen LogP contribution < -0.4 is 10.2 Å². The number of rotatable bonds is 6. The summed E-state index contributed by atoms with van der Waals surface area (Å²) in [6, 6.07) is 15.7. The predicted molar refractivity (Wildman–Crippen MR) is 127 cm³/mol. The Balaban J connectivity index is 0.000000757. The minimum atomic E-state index is -4.75. The average Bonchev–Trinajstić information content (AvgIpc) is 2.94. The summed E-state index contributed by atoms with van der Waals surface area (Å²) in [7, 11) is 1.47. The SMILES string of the molecule is CCC(F)(F)F.CN1C(=O)C(NC(=O)C(CC(=O)O)CC(F)(F)F)N=C(c2ccccc2)c2ccccc21. The second-order valence-electron chi connectivity index (χ2n) is 8.25. The topological polar surface area (TPSA) is 99.1 Å². The smallest absolute Gasteiger partial charge is 0.389 e. The fourth-order valence-electron chi connectivity index (χ4n) is 3.44. The lowest BCUT2D eigenvalue weighted by molar-refractivity contribution is -0.159. The highest BCUT2D eigenvalue weighted by molar-refractivity contribution is 6.20. The van der Waals surface area contributed by atoms with E-state index < -0.39 is 61.5 Å². The van der Waals surface area contributed by atoms with Crippen LogP contribution in [0.2, 0.25) is 0 Å². The molecule has 2 unspecified atom stereocenters. The van der Waals surface area contributed by atoms with Crippen LogP contribution in [0.25, 0.3) is 0 Å². The third-order valence-corrected chi connectivity index (χ3v) is 5.34. The number of alkyl halides is 6. The lowest BCUT2D eigenvalue weighted by Crippen LogP contribution is -2.48. The number of nitrogens with one attached hydrogen (secondary N) is 1. The molecule has 7 nitrogen and oxygen atoms in total. The molecule has 2 amide bonds. The van der Waals surface area contributed by atoms with Gasteiger partial charge in [-0.1, -0.05) is 55.5 Å². The van der Waals surface area contributed by atoms with Crippen molar-refractivity contribution in [3.05, 3.63) is 65.7 Å². The van der Waals surface area contributed by atoms with E-state index in [9.17, 15) is 40.7 Å². The molecule has 3 rings (SSSR count). The van der Waals surface area contributed by atoms with Gasteiger partial charge in [0.1, 0.15) is 0 Å². The van der Waals surface area contributed by atoms with Crippen molar-refractivity contribution in [3.63, 3.8) is 0 Å². The number of carboxylic acid groups (broad SMARTS) is 1. The lowest BCUT2D eigenvalue weighted by atomic mass is 10.00. The molecule has 13 heteroatoms. The van der Waals surface area contributed by atoms with Gasteiger partial charge >= 0.3 is 18.3 Å². The minimum Gasteiger partial charge on any atom is -0.481 e. The van der Waals surface area contributed by atoms with Gasteiger partial charge in [0.25, 0.3) is 5.91 Å². The number of nitrogens with zero attached hydrogens (tertiary/aromatic N) is 2. The summed E-state index contributed by atoms with van der Waals surface area (Å²) in [4.78, 5) is 42.2. The zero-order valence-corrected chi connectivity index (χ0v) is 20.3. The Hall–Kier alpha value is -3.90. The van der Waals surface area contributed by atoms with E-state index in [2.05, 4.69) is 10.3 Å². The van der Waals surface area contributed by atoms with E-state index in [0.717, 1.165) is 6.92 Å². The highest BCUT2D eigenvalue weighted by atomic mass is 19.4. The van der Waals surface area contributed by atoms with Crippen LogP contribution in [0.5, 0.6) is 0 Å². The molecule has 0 spiro atoms. The number of carbonyl (C=O) groups is 3. The number of amides is 2. The molecule has 0 aliphatic carbocycles. The van der Waals surface area contributed by atoms with E-state index in [0.29, 0.717) is 22.5 Å². The van der Waals surface area contributed by atoms with Gasteiger partial charge in [-0.05, 0) is 6.07 Å². The Kier molecular flexibility index (Phi) is 10.0. The number of likely N-dealkylation sites (N-methyl/N-ethyl adjacent to an activating group) is 1. The average molecular weight is 545 g/mol. The Morgan fingerprint density at radius 1 is 1.00 bits per heavy atom. The first-order chi connectivity index (χ1) is 17.6. The van der Waals surface area contributed by atoms with Gasteiger partial charge in [-0.25, -0.2) is 4.99 Å². The van der Waals surface area contributed by atoms with Crippen molar-refractivity contribution in [3.8, 4) is 0 Å². The van der Waals surface area contributed by atoms with E-state index in [1.165, 1.54) is 11.9 Å². The van der Waals surface area contributed by atoms with Crippen molar-refractivity contribution in [1.82, 2.24) is 5.32 Å². The van der Waals surface area contributed by atoms with Crippen molar-refractivity contribution in [2.24, 2.45) is 10.9 Å². The number of hydrogen-bond acceptors (Lipinski definition) is 4. The number of fused-ring (bicyclic) bond motifs is 1. The number of hydrogen-bond donors (Lipinski definition) is 2. The summed E-state index contributed by atoms with van der Waals surface area (Å²) in [6.45, 7) is 1.08. The number of halogens is 6. The van der Waals surface area contributed by atoms with Crippen LogP contribution in [0, 0.1) is 5.92 Å². The minimum absolute atomic E-state index is 0.370. The third kappa shape index (κ3) is 8.89. The Morgan fingerprint density at radius 2 is 1.55 bits per heavy atom. The van der Waals surface area contributed by atoms with Gasteiger partial charge < -0.3 is 15.3 Å². The molecule has 0 fully saturated rings. The summed E-state index contributed by atoms with van der Waals surface area (Å²) in [5.41, 5.74) is 2.12. The summed E-state index contributed by atoms with van der Waals surface area (Å²) >= 11 is 0. The van der Waals surface area contributed by atoms with Crippen molar-refractivity contribution in [2.45, 2.75) is 44.7 Å². The van der Waals surface area contributed by atoms with Crippen LogP contribution in [0.15, 0.2) is 59.6 Å². The van der Waals surface area contributed by atoms with Gasteiger partial charge in [0.05, 0.1) is 30.2 Å². The van der Waals surface area contributed by atoms with Gasteiger partial charge in [0, 0.05) is 24.6 Å². The van der Waals surface area contributed by atoms with Crippen LogP contribution in [0.3, 0.4) is 0 Å². The zero-order valence-electron chi connectivity index (χ0n) is 20.3. The van der Waals surface area contributed by atoms with Crippen LogP contribution in [0.1, 0.15) is 37.3 Å². The molecule has 2 N–H and O–H groups in total. The maximum absolute atomic E-state index is 13.0. The molecular formula is C25H25F6N3O4. The van der Waals surface area contributed by atoms with E-state index in [1.54, 1.807) is 54.6 Å². The van der Waals surface area contributed by atoms with Crippen molar-refractivity contribution in [2.75, 3.05) is 11.9 Å². The largest absolute Gasteiger partial charge is 0.481 e. The van der Waals surface area contributed by atoms with Gasteiger partial charge in [-0.15, -0.1) is 0 Å². The first-order valence-electron chi connectivity index (χ1n) is 11.3. The normalized spacial score (nSPS) is 16.3. The van der Waals surface area contributed by atoms with E-state index in [4.69, 9.17) is 5.11 Å². The molecule has 1 aliphatic rings. The molecule has 2 aromatic carbocycles. The quantitative estimate of drug-likeness (QED) is 0.502. The molecule has 0 saturated carbocycles. The molecule has 2 aromatic rings. The fraction of sp³-hybridized carbons (Fsp3) is 0.360. The Labute approximate surface area is 214 Å². The van der Waals surface area contributed by atoms with Crippen molar-refractivity contribution >= 4 is 29.2 Å². The van der Waals surface area contributed by atoms with Gasteiger partial charge in [-0.2, -0.15) is 26.3 Å². The maximum Gasteiger partial charge on any atom is 0.389 e. The number of carboxylic acids is 1. The molecule has 2 atom stereocenters. The second-order valence-corrected chi connectivity index (χ2v) is 8.25. The molecule has 0 saturated heterocycles. The monoisotopic (exact) mass is 545 g/mol. The molecule has 0 radical (unpaired) electrons. The number of benzodiazepines with no additional fused rings is 1. The van der Waals surface area contributed by atoms with Gasteiger partial charge in [0.2, 0.25) is 12.1 Å². The first kappa shape index (κ1) is 30.3. The second kappa shape index (κ2) is 12.6. The number of anilines is 1. The van der Waals surface area contributed by atoms with Crippen LogP contribution in [0.4, 0.5) is 32.0 Å². The lowest BCUT2D eigenvalue weighted by Gasteiger charge is -2.23. The van der Waals surface area contributed by atoms with Crippen LogP contribution in [-0.2, 0) is 14.4 Å². The summed E-state index contributed by atoms with van der Waals surface area (Å²) < 4.78 is 71.0. The van der Waals surface area contributed by atoms with E-state index in [1.807, 2.05) is 0 Å². The summed E-state index contributed by atoms with van der Waals surface area (Å²) in [5, 5.41) is 11.2. The zero-order chi connectivity index (χ0) is 28.7. The molecule has 206 valence electrons. The van der Waals surface area contributed by atoms with Crippen LogP contribution >= 0.6 is 0 Å². The summed E-state index contributed by atoms with van der Waals surface area (Å²) in [5.74, 6) is -5.33. The highest BCUT2D eigenvalue weighted by Gasteiger charge is 2.39. The van der Waals surface area contributed by atoms with Gasteiger partial charge in [-0.3, -0.25) is 14.4 Å². The number of benzene rings is 2. The molecule has 0 bridgehead atoms. The predicted octanol–water partition coefficient (Wildman–Crippen LogP) is 4.94. The van der Waals surface area contributed by atoms with E-state index in [-0.39, 0.29) is 0 Å². The van der Waals surface area contributed by atoms with Crippen LogP contribution in [-0.4, -0.2) is 54.2 Å². The molecule has 0 aromatic heterocycles. The number of carbonyl (C=O) groups excluding carboxylic acids is 2. The van der Waals surface area contributed by atoms with E-state index >= 15 is 0 Å². The fourth-order valence-corrected chi connectivity index (χ4v) is 3.44. The molecule has 38 heavy (non-hydrogen) atoms. The molecule has 1 aliphatic heterocycles. The van der Waals surface area contributed by atoms with Crippen molar-refractivity contribution < 1.29 is 45.8 Å². The molecule has 1 heterocycles. The first-order valence-corrected chi connectivity index (χ1v) is 11.3. The standard InChI is InChI=1S/C22H20F3N3O4.C3H5F3/c1-28-16-10-6-5-9-15(16)18(13-7-3-2-4-8-13)26-19(21(28)32)27-20(31)14(11-17(29)30)12-22(23,24)25;1-2-3(4,5)6/h2-10,14,19H,11-12H2,1H3,(H,27,31)(H,29,30);2H2,1H3. The maximum atomic E-state index is 13.0. The number of aliphatic imine (C=N–C) groups is 1. The van der Waals surface area contributed by atoms with Crippen molar-refractivity contribution in [1.29, 1.82) is 0 Å². The number of para-hydroxylation sites is 1. The van der Waals surface area contributed by atoms with Gasteiger partial charge in [0.15, 0.2) is 0 Å². The Morgan fingerprint density at radius 3 is 2.08 bits per heavy atom. The molecular weight excluding hydrogens is 520 g/mol. The summed E-state index contributed by atoms with van der Waals surface area (Å²) in [6.07, 6.45) is -13.6. The Bertz CT molecular complexity index is 1170.